The maximum atomic E-state index is 13.3. The van der Waals surface area contributed by atoms with Crippen molar-refractivity contribution in [3.63, 3.8) is 0 Å². The van der Waals surface area contributed by atoms with Crippen LogP contribution in [0.4, 0.5) is 10.1 Å². The van der Waals surface area contributed by atoms with Crippen LogP contribution in [-0.4, -0.2) is 24.3 Å². The molecule has 0 spiro atoms. The summed E-state index contributed by atoms with van der Waals surface area (Å²) < 4.78 is 18.9. The molecule has 0 atom stereocenters. The molecule has 120 valence electrons. The number of hydrazone groups is 1. The molecule has 0 bridgehead atoms. The molecule has 8 heteroatoms. The van der Waals surface area contributed by atoms with Crippen molar-refractivity contribution in [3.8, 4) is 11.5 Å². The van der Waals surface area contributed by atoms with Crippen molar-refractivity contribution in [2.24, 2.45) is 5.10 Å². The molecule has 0 unspecified atom stereocenters. The van der Waals surface area contributed by atoms with Gasteiger partial charge in [-0.05, 0) is 58.5 Å². The highest BCUT2D eigenvalue weighted by atomic mass is 127. The minimum absolute atomic E-state index is 0.0317. The summed E-state index contributed by atoms with van der Waals surface area (Å²) in [6.45, 7) is 0. The Labute approximate surface area is 145 Å². The van der Waals surface area contributed by atoms with E-state index in [1.165, 1.54) is 25.5 Å². The third-order valence-electron chi connectivity index (χ3n) is 2.91. The van der Waals surface area contributed by atoms with Gasteiger partial charge in [-0.1, -0.05) is 0 Å². The fourth-order valence-electron chi connectivity index (χ4n) is 1.72. The number of carbonyl (C=O) groups excluding carboxylic acids is 1. The molecule has 0 saturated carbocycles. The van der Waals surface area contributed by atoms with Gasteiger partial charge in [0.1, 0.15) is 5.82 Å². The second kappa shape index (κ2) is 7.27. The predicted octanol–water partition coefficient (Wildman–Crippen LogP) is 2.49. The summed E-state index contributed by atoms with van der Waals surface area (Å²) in [7, 11) is 1.43. The number of carbonyl (C=O) groups is 1. The number of nitrogens with zero attached hydrogens (tertiary/aromatic N) is 1. The maximum Gasteiger partial charge on any atom is 0.271 e. The number of nitrogens with two attached hydrogens (primary N) is 1. The molecule has 0 aliphatic heterocycles. The third kappa shape index (κ3) is 4.09. The molecular formula is C15H13FIN3O3. The summed E-state index contributed by atoms with van der Waals surface area (Å²) in [5.74, 6) is -0.906. The molecule has 6 nitrogen and oxygen atoms in total. The summed E-state index contributed by atoms with van der Waals surface area (Å²) in [5, 5.41) is 13.5. The van der Waals surface area contributed by atoms with Crippen LogP contribution >= 0.6 is 22.6 Å². The van der Waals surface area contributed by atoms with E-state index in [2.05, 4.69) is 10.5 Å². The molecule has 0 aliphatic rings. The van der Waals surface area contributed by atoms with Crippen LogP contribution < -0.4 is 15.9 Å². The fourth-order valence-corrected chi connectivity index (χ4v) is 2.35. The molecule has 0 radical (unpaired) electrons. The van der Waals surface area contributed by atoms with Gasteiger partial charge in [-0.3, -0.25) is 4.79 Å². The number of hydrogen-bond acceptors (Lipinski definition) is 5. The maximum absolute atomic E-state index is 13.3. The molecule has 0 aromatic heterocycles. The second-order valence-corrected chi connectivity index (χ2v) is 5.65. The zero-order chi connectivity index (χ0) is 17.0. The Morgan fingerprint density at radius 2 is 2.17 bits per heavy atom. The quantitative estimate of drug-likeness (QED) is 0.301. The van der Waals surface area contributed by atoms with Crippen LogP contribution in [0.25, 0.3) is 0 Å². The van der Waals surface area contributed by atoms with Crippen molar-refractivity contribution in [2.75, 3.05) is 12.8 Å². The van der Waals surface area contributed by atoms with E-state index in [9.17, 15) is 14.3 Å². The molecule has 23 heavy (non-hydrogen) atoms. The van der Waals surface area contributed by atoms with Gasteiger partial charge in [0.2, 0.25) is 0 Å². The largest absolute Gasteiger partial charge is 0.504 e. The summed E-state index contributed by atoms with van der Waals surface area (Å²) in [4.78, 5) is 11.8. The normalized spacial score (nSPS) is 10.7. The van der Waals surface area contributed by atoms with Gasteiger partial charge in [0.05, 0.1) is 22.6 Å². The number of amides is 1. The Balaban J connectivity index is 2.10. The molecule has 2 rings (SSSR count). The first-order valence-electron chi connectivity index (χ1n) is 6.37. The first kappa shape index (κ1) is 17.0. The van der Waals surface area contributed by atoms with Gasteiger partial charge >= 0.3 is 0 Å². The van der Waals surface area contributed by atoms with Gasteiger partial charge in [-0.25, -0.2) is 9.82 Å². The summed E-state index contributed by atoms with van der Waals surface area (Å²) in [6, 6.07) is 6.97. The Kier molecular flexibility index (Phi) is 5.37. The summed E-state index contributed by atoms with van der Waals surface area (Å²) in [6.07, 6.45) is 1.38. The van der Waals surface area contributed by atoms with E-state index in [-0.39, 0.29) is 17.0 Å². The number of benzene rings is 2. The molecule has 0 aliphatic carbocycles. The lowest BCUT2D eigenvalue weighted by molar-refractivity contribution is 0.0954. The van der Waals surface area contributed by atoms with Gasteiger partial charge in [-0.15, -0.1) is 0 Å². The second-order valence-electron chi connectivity index (χ2n) is 4.49. The average molecular weight is 429 g/mol. The van der Waals surface area contributed by atoms with Crippen LogP contribution in [0.5, 0.6) is 11.5 Å². The molecule has 4 N–H and O–H groups in total. The van der Waals surface area contributed by atoms with Gasteiger partial charge in [0.15, 0.2) is 11.5 Å². The predicted molar refractivity (Wildman–Crippen MR) is 93.2 cm³/mol. The molecule has 2 aromatic carbocycles. The number of nitrogens with one attached hydrogen (secondary N) is 1. The molecule has 0 fully saturated rings. The van der Waals surface area contributed by atoms with E-state index in [0.29, 0.717) is 14.9 Å². The lowest BCUT2D eigenvalue weighted by Gasteiger charge is -2.06. The summed E-state index contributed by atoms with van der Waals surface area (Å²) in [5.41, 5.74) is 8.32. The Bertz CT molecular complexity index is 781. The van der Waals surface area contributed by atoms with E-state index in [1.54, 1.807) is 12.1 Å². The smallest absolute Gasteiger partial charge is 0.271 e. The van der Waals surface area contributed by atoms with Crippen molar-refractivity contribution in [1.29, 1.82) is 0 Å². The molecule has 0 heterocycles. The third-order valence-corrected chi connectivity index (χ3v) is 3.74. The number of ether oxygens (including phenoxy) is 1. The monoisotopic (exact) mass is 429 g/mol. The highest BCUT2D eigenvalue weighted by Crippen LogP contribution is 2.31. The number of phenols is 1. The topological polar surface area (TPSA) is 96.9 Å². The standard InChI is InChI=1S/C15H13FIN3O3/c1-23-13-5-8(4-11(17)14(13)21)7-19-20-15(22)9-2-3-12(18)10(16)6-9/h2-7,21H,18H2,1H3,(H,20,22). The molecule has 0 saturated heterocycles. The number of anilines is 1. The highest BCUT2D eigenvalue weighted by molar-refractivity contribution is 14.1. The number of halogens is 2. The van der Waals surface area contributed by atoms with Gasteiger partial charge in [0, 0.05) is 5.56 Å². The van der Waals surface area contributed by atoms with E-state index in [0.717, 1.165) is 6.07 Å². The van der Waals surface area contributed by atoms with Crippen LogP contribution in [0.15, 0.2) is 35.4 Å². The van der Waals surface area contributed by atoms with Crippen molar-refractivity contribution >= 4 is 40.4 Å². The van der Waals surface area contributed by atoms with E-state index >= 15 is 0 Å². The zero-order valence-electron chi connectivity index (χ0n) is 12.0. The van der Waals surface area contributed by atoms with Crippen molar-refractivity contribution in [2.45, 2.75) is 0 Å². The van der Waals surface area contributed by atoms with Gasteiger partial charge in [0.25, 0.3) is 5.91 Å². The number of nitrogen functional groups attached to an aromatic ring is 1. The van der Waals surface area contributed by atoms with E-state index in [1.807, 2.05) is 22.6 Å². The first-order chi connectivity index (χ1) is 10.9. The number of methoxy groups -OCH3 is 1. The van der Waals surface area contributed by atoms with Crippen molar-refractivity contribution in [1.82, 2.24) is 5.43 Å². The average Bonchev–Trinajstić information content (AvgIpc) is 2.53. The minimum atomic E-state index is -0.667. The van der Waals surface area contributed by atoms with Crippen LogP contribution in [-0.2, 0) is 0 Å². The lowest BCUT2D eigenvalue weighted by Crippen LogP contribution is -2.18. The Morgan fingerprint density at radius 3 is 2.83 bits per heavy atom. The van der Waals surface area contributed by atoms with Crippen molar-refractivity contribution in [3.05, 3.63) is 50.8 Å². The minimum Gasteiger partial charge on any atom is -0.504 e. The van der Waals surface area contributed by atoms with Crippen LogP contribution in [0, 0.1) is 9.39 Å². The highest BCUT2D eigenvalue weighted by Gasteiger charge is 2.09. The number of rotatable bonds is 4. The SMILES string of the molecule is COc1cc(C=NNC(=O)c2ccc(N)c(F)c2)cc(I)c1O. The fraction of sp³-hybridized carbons (Fsp3) is 0.0667. The molecule has 1 amide bonds. The molecule has 2 aromatic rings. The lowest BCUT2D eigenvalue weighted by atomic mass is 10.2. The van der Waals surface area contributed by atoms with Crippen molar-refractivity contribution < 1.29 is 19.0 Å². The summed E-state index contributed by atoms with van der Waals surface area (Å²) >= 11 is 1.95. The Hall–Kier alpha value is -2.36. The van der Waals surface area contributed by atoms with Gasteiger partial charge in [-0.2, -0.15) is 5.10 Å². The first-order valence-corrected chi connectivity index (χ1v) is 7.45. The van der Waals surface area contributed by atoms with E-state index < -0.39 is 11.7 Å². The van der Waals surface area contributed by atoms with Crippen LogP contribution in [0.3, 0.4) is 0 Å². The zero-order valence-corrected chi connectivity index (χ0v) is 14.2. The molecular weight excluding hydrogens is 416 g/mol. The number of phenolic OH excluding ortho intramolecular Hbond substituents is 1. The number of hydrogen-bond donors (Lipinski definition) is 3. The van der Waals surface area contributed by atoms with Crippen LogP contribution in [0.1, 0.15) is 15.9 Å². The Morgan fingerprint density at radius 1 is 1.43 bits per heavy atom. The van der Waals surface area contributed by atoms with Gasteiger partial charge < -0.3 is 15.6 Å². The number of aromatic hydroxyl groups is 1. The van der Waals surface area contributed by atoms with Crippen LogP contribution in [0.2, 0.25) is 0 Å². The van der Waals surface area contributed by atoms with E-state index in [4.69, 9.17) is 10.5 Å².